The maximum atomic E-state index is 14.0. The molecular weight excluding hydrogens is 419 g/mol. The average Bonchev–Trinajstić information content (AvgIpc) is 2.98. The van der Waals surface area contributed by atoms with Crippen molar-refractivity contribution in [3.05, 3.63) is 71.0 Å². The summed E-state index contributed by atoms with van der Waals surface area (Å²) in [6.07, 6.45) is 0.744. The van der Waals surface area contributed by atoms with Crippen molar-refractivity contribution in [1.29, 1.82) is 0 Å². The first-order chi connectivity index (χ1) is 15.3. The molecule has 3 rings (SSSR count). The summed E-state index contributed by atoms with van der Waals surface area (Å²) < 4.78 is 41.1. The molecule has 8 heteroatoms. The molecule has 32 heavy (non-hydrogen) atoms. The van der Waals surface area contributed by atoms with Crippen LogP contribution in [0.25, 0.3) is 0 Å². The van der Waals surface area contributed by atoms with E-state index in [4.69, 9.17) is 0 Å². The third kappa shape index (κ3) is 5.88. The van der Waals surface area contributed by atoms with Crippen molar-refractivity contribution in [2.75, 3.05) is 26.2 Å². The molecule has 2 aromatic carbocycles. The number of rotatable bonds is 6. The fourth-order valence-electron chi connectivity index (χ4n) is 3.84. The molecule has 172 valence electrons. The van der Waals surface area contributed by atoms with Gasteiger partial charge in [-0.1, -0.05) is 32.0 Å². The van der Waals surface area contributed by atoms with Gasteiger partial charge in [0.15, 0.2) is 0 Å². The van der Waals surface area contributed by atoms with Crippen LogP contribution in [0.15, 0.2) is 42.5 Å². The maximum absolute atomic E-state index is 14.0. The van der Waals surface area contributed by atoms with E-state index in [9.17, 15) is 22.8 Å². The Morgan fingerprint density at radius 3 is 2.22 bits per heavy atom. The van der Waals surface area contributed by atoms with Gasteiger partial charge in [0.25, 0.3) is 5.91 Å². The first-order valence-corrected chi connectivity index (χ1v) is 10.8. The topological polar surface area (TPSA) is 52.7 Å². The summed E-state index contributed by atoms with van der Waals surface area (Å²) in [7, 11) is 0. The highest BCUT2D eigenvalue weighted by Gasteiger charge is 2.31. The molecule has 1 aliphatic rings. The summed E-state index contributed by atoms with van der Waals surface area (Å²) >= 11 is 0. The summed E-state index contributed by atoms with van der Waals surface area (Å²) in [5.41, 5.74) is 0.303. The Morgan fingerprint density at radius 1 is 0.938 bits per heavy atom. The fourth-order valence-corrected chi connectivity index (χ4v) is 3.84. The highest BCUT2D eigenvalue weighted by Crippen LogP contribution is 2.16. The molecule has 0 aromatic heterocycles. The van der Waals surface area contributed by atoms with Crippen LogP contribution in [-0.2, 0) is 11.3 Å². The zero-order valence-corrected chi connectivity index (χ0v) is 18.3. The predicted octanol–water partition coefficient (Wildman–Crippen LogP) is 3.59. The number of hydrogen-bond donors (Lipinski definition) is 1. The number of benzene rings is 2. The molecule has 1 unspecified atom stereocenters. The SMILES string of the molecule is CC(C)C(NC(=O)c1c(F)cccc1F)C(=O)N1CCCN(Cc2ccc(F)cc2)CC1. The lowest BCUT2D eigenvalue weighted by Crippen LogP contribution is -2.52. The normalized spacial score (nSPS) is 16.0. The maximum Gasteiger partial charge on any atom is 0.257 e. The average molecular weight is 448 g/mol. The Kier molecular flexibility index (Phi) is 7.90. The lowest BCUT2D eigenvalue weighted by atomic mass is 10.0. The van der Waals surface area contributed by atoms with E-state index >= 15 is 0 Å². The zero-order chi connectivity index (χ0) is 23.3. The number of nitrogens with zero attached hydrogens (tertiary/aromatic N) is 2. The summed E-state index contributed by atoms with van der Waals surface area (Å²) in [4.78, 5) is 29.6. The van der Waals surface area contributed by atoms with Gasteiger partial charge >= 0.3 is 0 Å². The van der Waals surface area contributed by atoms with Crippen molar-refractivity contribution < 1.29 is 22.8 Å². The van der Waals surface area contributed by atoms with E-state index in [-0.39, 0.29) is 17.6 Å². The van der Waals surface area contributed by atoms with Gasteiger partial charge in [0.05, 0.1) is 0 Å². The molecule has 1 atom stereocenters. The second-order valence-electron chi connectivity index (χ2n) is 8.37. The van der Waals surface area contributed by atoms with Crippen LogP contribution in [0, 0.1) is 23.4 Å². The van der Waals surface area contributed by atoms with Crippen LogP contribution in [0.5, 0.6) is 0 Å². The standard InChI is InChI=1S/C24H28F3N3O2/c1-16(2)22(28-23(31)21-19(26)5-3-6-20(21)27)24(32)30-12-4-11-29(13-14-30)15-17-7-9-18(25)10-8-17/h3,5-10,16,22H,4,11-15H2,1-2H3,(H,28,31). The van der Waals surface area contributed by atoms with Crippen molar-refractivity contribution in [1.82, 2.24) is 15.1 Å². The lowest BCUT2D eigenvalue weighted by molar-refractivity contribution is -0.134. The van der Waals surface area contributed by atoms with Gasteiger partial charge in [0.1, 0.15) is 29.1 Å². The van der Waals surface area contributed by atoms with Crippen molar-refractivity contribution in [3.8, 4) is 0 Å². The summed E-state index contributed by atoms with van der Waals surface area (Å²) in [6, 6.07) is 8.65. The van der Waals surface area contributed by atoms with Crippen molar-refractivity contribution in [3.63, 3.8) is 0 Å². The third-order valence-electron chi connectivity index (χ3n) is 5.63. The Balaban J connectivity index is 1.64. The molecule has 5 nitrogen and oxygen atoms in total. The fraction of sp³-hybridized carbons (Fsp3) is 0.417. The van der Waals surface area contributed by atoms with Gasteiger partial charge in [-0.15, -0.1) is 0 Å². The van der Waals surface area contributed by atoms with Crippen LogP contribution in [0.1, 0.15) is 36.2 Å². The summed E-state index contributed by atoms with van der Waals surface area (Å²) in [6.45, 7) is 6.60. The van der Waals surface area contributed by atoms with Crippen molar-refractivity contribution in [2.45, 2.75) is 32.9 Å². The van der Waals surface area contributed by atoms with Crippen molar-refractivity contribution >= 4 is 11.8 Å². The van der Waals surface area contributed by atoms with Gasteiger partial charge < -0.3 is 10.2 Å². The smallest absolute Gasteiger partial charge is 0.257 e. The molecule has 1 N–H and O–H groups in total. The van der Waals surface area contributed by atoms with Gasteiger partial charge in [-0.05, 0) is 42.2 Å². The monoisotopic (exact) mass is 447 g/mol. The molecule has 2 aromatic rings. The molecule has 0 radical (unpaired) electrons. The van der Waals surface area contributed by atoms with Gasteiger partial charge in [-0.25, -0.2) is 13.2 Å². The van der Waals surface area contributed by atoms with Gasteiger partial charge in [-0.3, -0.25) is 14.5 Å². The number of carbonyl (C=O) groups excluding carboxylic acids is 2. The molecule has 1 fully saturated rings. The van der Waals surface area contributed by atoms with Gasteiger partial charge in [-0.2, -0.15) is 0 Å². The van der Waals surface area contributed by atoms with E-state index in [0.717, 1.165) is 30.7 Å². The van der Waals surface area contributed by atoms with Gasteiger partial charge in [0, 0.05) is 32.7 Å². The van der Waals surface area contributed by atoms with Gasteiger partial charge in [0.2, 0.25) is 5.91 Å². The molecule has 1 aliphatic heterocycles. The second-order valence-corrected chi connectivity index (χ2v) is 8.37. The minimum atomic E-state index is -0.969. The van der Waals surface area contributed by atoms with Crippen LogP contribution in [0.4, 0.5) is 13.2 Å². The molecule has 2 amide bonds. The predicted molar refractivity (Wildman–Crippen MR) is 115 cm³/mol. The summed E-state index contributed by atoms with van der Waals surface area (Å²) in [5.74, 6) is -3.69. The highest BCUT2D eigenvalue weighted by molar-refractivity contribution is 5.98. The third-order valence-corrected chi connectivity index (χ3v) is 5.63. The van der Waals surface area contributed by atoms with Crippen LogP contribution < -0.4 is 5.32 Å². The quantitative estimate of drug-likeness (QED) is 0.737. The lowest BCUT2D eigenvalue weighted by Gasteiger charge is -2.29. The first kappa shape index (κ1) is 23.8. The number of hydrogen-bond acceptors (Lipinski definition) is 3. The Labute approximate surface area is 186 Å². The summed E-state index contributed by atoms with van der Waals surface area (Å²) in [5, 5.41) is 2.53. The minimum absolute atomic E-state index is 0.264. The van der Waals surface area contributed by atoms with E-state index in [1.54, 1.807) is 30.9 Å². The van der Waals surface area contributed by atoms with Crippen LogP contribution in [0.2, 0.25) is 0 Å². The van der Waals surface area contributed by atoms with Crippen LogP contribution in [-0.4, -0.2) is 53.8 Å². The molecule has 1 saturated heterocycles. The molecule has 0 spiro atoms. The largest absolute Gasteiger partial charge is 0.340 e. The number of halogens is 3. The minimum Gasteiger partial charge on any atom is -0.340 e. The second kappa shape index (κ2) is 10.6. The molecule has 0 bridgehead atoms. The zero-order valence-electron chi connectivity index (χ0n) is 18.3. The highest BCUT2D eigenvalue weighted by atomic mass is 19.1. The van der Waals surface area contributed by atoms with E-state index < -0.39 is 29.1 Å². The van der Waals surface area contributed by atoms with E-state index in [0.29, 0.717) is 26.2 Å². The first-order valence-electron chi connectivity index (χ1n) is 10.8. The Hall–Kier alpha value is -2.87. The number of nitrogens with one attached hydrogen (secondary N) is 1. The molecule has 0 saturated carbocycles. The Bertz CT molecular complexity index is 930. The van der Waals surface area contributed by atoms with E-state index in [1.165, 1.54) is 18.2 Å². The number of amides is 2. The Morgan fingerprint density at radius 2 is 1.59 bits per heavy atom. The van der Waals surface area contributed by atoms with Crippen molar-refractivity contribution in [2.24, 2.45) is 5.92 Å². The van der Waals surface area contributed by atoms with Crippen LogP contribution in [0.3, 0.4) is 0 Å². The molecular formula is C24H28F3N3O2. The molecule has 0 aliphatic carbocycles. The molecule has 1 heterocycles. The van der Waals surface area contributed by atoms with Crippen LogP contribution >= 0.6 is 0 Å². The van der Waals surface area contributed by atoms with E-state index in [2.05, 4.69) is 10.2 Å². The number of carbonyl (C=O) groups is 2. The van der Waals surface area contributed by atoms with E-state index in [1.807, 2.05) is 0 Å².